The predicted molar refractivity (Wildman–Crippen MR) is 221 cm³/mol. The number of para-hydroxylation sites is 4. The van der Waals surface area contributed by atoms with Gasteiger partial charge >= 0.3 is 0 Å². The number of hydrogen-bond acceptors (Lipinski definition) is 4. The summed E-state index contributed by atoms with van der Waals surface area (Å²) in [5.74, 6) is 0.638. The second-order valence-electron chi connectivity index (χ2n) is 13.8. The Hall–Kier alpha value is -6.89. The van der Waals surface area contributed by atoms with E-state index in [0.717, 1.165) is 50.0 Å². The molecule has 0 atom stereocenters. The fourth-order valence-corrected chi connectivity index (χ4v) is 9.50. The van der Waals surface area contributed by atoms with Gasteiger partial charge in [0.15, 0.2) is 5.82 Å². The van der Waals surface area contributed by atoms with Crippen LogP contribution in [-0.4, -0.2) is 19.1 Å². The van der Waals surface area contributed by atoms with Gasteiger partial charge in [-0.2, -0.15) is 4.98 Å². The fourth-order valence-electron chi connectivity index (χ4n) is 8.37. The van der Waals surface area contributed by atoms with Gasteiger partial charge in [0.2, 0.25) is 5.71 Å². The van der Waals surface area contributed by atoms with E-state index in [1.54, 1.807) is 0 Å². The number of aromatic nitrogens is 4. The summed E-state index contributed by atoms with van der Waals surface area (Å²) < 4.78 is 11.2. The molecule has 5 heterocycles. The Morgan fingerprint density at radius 2 is 1.19 bits per heavy atom. The van der Waals surface area contributed by atoms with Crippen molar-refractivity contribution in [3.05, 3.63) is 170 Å². The van der Waals surface area contributed by atoms with Gasteiger partial charge in [0.1, 0.15) is 11.2 Å². The first-order valence-electron chi connectivity index (χ1n) is 18.1. The Morgan fingerprint density at radius 3 is 2.04 bits per heavy atom. The Balaban J connectivity index is 0.990. The summed E-state index contributed by atoms with van der Waals surface area (Å²) in [4.78, 5) is 12.6. The molecule has 0 N–H and O–H groups in total. The molecule has 0 amide bonds. The van der Waals surface area contributed by atoms with Crippen molar-refractivity contribution >= 4 is 66.7 Å². The molecule has 0 fully saturated rings. The molecule has 6 heteroatoms. The summed E-state index contributed by atoms with van der Waals surface area (Å²) >= 11 is 1.85. The van der Waals surface area contributed by atoms with Gasteiger partial charge in [-0.3, -0.25) is 9.13 Å². The molecular weight excluding hydrogens is 681 g/mol. The van der Waals surface area contributed by atoms with Crippen molar-refractivity contribution in [1.82, 2.24) is 19.1 Å². The molecule has 5 nitrogen and oxygen atoms in total. The lowest BCUT2D eigenvalue weighted by molar-refractivity contribution is 0.653. The lowest BCUT2D eigenvalue weighted by Gasteiger charge is -2.22. The van der Waals surface area contributed by atoms with Crippen LogP contribution in [-0.2, 0) is 0 Å². The summed E-state index contributed by atoms with van der Waals surface area (Å²) in [5, 5.41) is 5.79. The quantitative estimate of drug-likeness (QED) is 0.183. The van der Waals surface area contributed by atoms with Crippen LogP contribution in [0.1, 0.15) is 0 Å². The van der Waals surface area contributed by atoms with Gasteiger partial charge in [-0.1, -0.05) is 139 Å². The normalized spacial score (nSPS) is 12.4. The van der Waals surface area contributed by atoms with E-state index in [0.29, 0.717) is 11.5 Å². The largest absolute Gasteiger partial charge is 0.438 e. The first kappa shape index (κ1) is 29.7. The highest BCUT2D eigenvalue weighted by Crippen LogP contribution is 2.50. The third kappa shape index (κ3) is 4.23. The lowest BCUT2D eigenvalue weighted by Crippen LogP contribution is -2.05. The highest BCUT2D eigenvalue weighted by Gasteiger charge is 2.28. The minimum atomic E-state index is 0.593. The Morgan fingerprint density at radius 1 is 0.481 bits per heavy atom. The molecular formula is C48H28N4OS. The van der Waals surface area contributed by atoms with E-state index in [4.69, 9.17) is 14.4 Å². The third-order valence-electron chi connectivity index (χ3n) is 10.8. The molecule has 0 saturated heterocycles. The van der Waals surface area contributed by atoms with Crippen LogP contribution in [0.5, 0.6) is 0 Å². The van der Waals surface area contributed by atoms with Crippen LogP contribution in [0.3, 0.4) is 0 Å². The SMILES string of the molecule is c1ccc(-c2nc(-c3ccc(-c4ccc5c(c4)Sc4cccc6c7c8ccccc8n(-c8ccccc8)c7n-5c46)cc3)nc3oc4ccccc4c23)cc1. The molecule has 0 aliphatic carbocycles. The van der Waals surface area contributed by atoms with Gasteiger partial charge < -0.3 is 4.42 Å². The average molecular weight is 709 g/mol. The molecule has 0 bridgehead atoms. The molecule has 0 unspecified atom stereocenters. The zero-order chi connectivity index (χ0) is 35.3. The predicted octanol–water partition coefficient (Wildman–Crippen LogP) is 12.9. The third-order valence-corrected chi connectivity index (χ3v) is 11.8. The van der Waals surface area contributed by atoms with Crippen molar-refractivity contribution in [2.24, 2.45) is 0 Å². The van der Waals surface area contributed by atoms with Crippen LogP contribution in [0, 0.1) is 0 Å². The second-order valence-corrected chi connectivity index (χ2v) is 14.9. The minimum absolute atomic E-state index is 0.593. The van der Waals surface area contributed by atoms with Crippen LogP contribution in [0.4, 0.5) is 0 Å². The molecule has 54 heavy (non-hydrogen) atoms. The number of benzene rings is 7. The van der Waals surface area contributed by atoms with Gasteiger partial charge in [-0.25, -0.2) is 4.98 Å². The first-order chi connectivity index (χ1) is 26.8. The molecule has 252 valence electrons. The smallest absolute Gasteiger partial charge is 0.231 e. The van der Waals surface area contributed by atoms with Crippen molar-refractivity contribution in [3.63, 3.8) is 0 Å². The second kappa shape index (κ2) is 11.3. The maximum Gasteiger partial charge on any atom is 0.231 e. The first-order valence-corrected chi connectivity index (χ1v) is 18.9. The average Bonchev–Trinajstić information content (AvgIpc) is 3.90. The zero-order valence-electron chi connectivity index (χ0n) is 28.8. The fraction of sp³-hybridized carbons (Fsp3) is 0. The van der Waals surface area contributed by atoms with E-state index in [1.807, 2.05) is 48.2 Å². The van der Waals surface area contributed by atoms with E-state index in [-0.39, 0.29) is 0 Å². The molecule has 0 saturated carbocycles. The summed E-state index contributed by atoms with van der Waals surface area (Å²) in [5.41, 5.74) is 12.6. The van der Waals surface area contributed by atoms with Crippen LogP contribution < -0.4 is 0 Å². The van der Waals surface area contributed by atoms with Gasteiger partial charge in [0.05, 0.1) is 27.8 Å². The standard InChI is InChI=1S/C48H28N4OS/c1-3-12-30(13-4-1)44-43-35-17-8-10-20-39(35)53-47(43)50-46(49-44)31-24-22-29(23-25-31)32-26-27-38-41(28-32)54-40-21-11-18-36-42-34-16-7-9-19-37(34)51(33-14-5-2-6-15-33)48(42)52(38)45(36)40/h1-28H. The van der Waals surface area contributed by atoms with Gasteiger partial charge in [-0.05, 0) is 53.6 Å². The molecule has 12 rings (SSSR count). The topological polar surface area (TPSA) is 48.8 Å². The summed E-state index contributed by atoms with van der Waals surface area (Å²) in [7, 11) is 0. The van der Waals surface area contributed by atoms with Gasteiger partial charge in [0, 0.05) is 48.2 Å². The monoisotopic (exact) mass is 708 g/mol. The molecule has 0 radical (unpaired) electrons. The van der Waals surface area contributed by atoms with Crippen LogP contribution in [0.2, 0.25) is 0 Å². The van der Waals surface area contributed by atoms with E-state index in [1.165, 1.54) is 48.3 Å². The summed E-state index contributed by atoms with van der Waals surface area (Å²) in [6.07, 6.45) is 0. The highest BCUT2D eigenvalue weighted by atomic mass is 32.2. The van der Waals surface area contributed by atoms with Crippen molar-refractivity contribution in [2.45, 2.75) is 9.79 Å². The maximum absolute atomic E-state index is 6.28. The number of fused-ring (bicyclic) bond motifs is 10. The maximum atomic E-state index is 6.28. The highest BCUT2D eigenvalue weighted by molar-refractivity contribution is 7.99. The van der Waals surface area contributed by atoms with E-state index >= 15 is 0 Å². The molecule has 7 aromatic carbocycles. The molecule has 1 aliphatic rings. The van der Waals surface area contributed by atoms with E-state index < -0.39 is 0 Å². The molecule has 0 spiro atoms. The number of hydrogen-bond donors (Lipinski definition) is 0. The number of nitrogens with zero attached hydrogens (tertiary/aromatic N) is 4. The van der Waals surface area contributed by atoms with Crippen LogP contribution >= 0.6 is 11.8 Å². The summed E-state index contributed by atoms with van der Waals surface area (Å²) in [6.45, 7) is 0. The van der Waals surface area contributed by atoms with Crippen molar-refractivity contribution < 1.29 is 4.42 Å². The molecule has 11 aromatic rings. The van der Waals surface area contributed by atoms with E-state index in [9.17, 15) is 0 Å². The Labute approximate surface area is 313 Å². The summed E-state index contributed by atoms with van der Waals surface area (Å²) in [6, 6.07) is 60.1. The number of furan rings is 1. The lowest BCUT2D eigenvalue weighted by atomic mass is 10.0. The van der Waals surface area contributed by atoms with Crippen molar-refractivity contribution in [1.29, 1.82) is 0 Å². The number of rotatable bonds is 4. The van der Waals surface area contributed by atoms with Crippen molar-refractivity contribution in [2.75, 3.05) is 0 Å². The molecule has 1 aliphatic heterocycles. The zero-order valence-corrected chi connectivity index (χ0v) is 29.6. The van der Waals surface area contributed by atoms with Gasteiger partial charge in [-0.15, -0.1) is 0 Å². The van der Waals surface area contributed by atoms with E-state index in [2.05, 4.69) is 143 Å². The van der Waals surface area contributed by atoms with Gasteiger partial charge in [0.25, 0.3) is 0 Å². The van der Waals surface area contributed by atoms with Crippen LogP contribution in [0.25, 0.3) is 100 Å². The van der Waals surface area contributed by atoms with Crippen molar-refractivity contribution in [3.8, 4) is 45.1 Å². The molecule has 4 aromatic heterocycles. The Kier molecular flexibility index (Phi) is 6.21. The minimum Gasteiger partial charge on any atom is -0.438 e. The van der Waals surface area contributed by atoms with Crippen LogP contribution in [0.15, 0.2) is 184 Å². The Bertz CT molecular complexity index is 3290.